The molecule has 0 saturated heterocycles. The third-order valence-corrected chi connectivity index (χ3v) is 2.66. The Balaban J connectivity index is 2.40. The number of hydrogen-bond donors (Lipinski definition) is 2. The Morgan fingerprint density at radius 1 is 1.39 bits per heavy atom. The summed E-state index contributed by atoms with van der Waals surface area (Å²) in [5.41, 5.74) is 7.65. The molecule has 92 valence electrons. The molecule has 0 radical (unpaired) electrons. The molecule has 6 heteroatoms. The number of thiocarbonyl (C=S) groups is 1. The van der Waals surface area contributed by atoms with Gasteiger partial charge in [-0.15, -0.1) is 5.10 Å². The first-order valence-electron chi connectivity index (χ1n) is 5.22. The van der Waals surface area contributed by atoms with Gasteiger partial charge in [0.15, 0.2) is 5.82 Å². The van der Waals surface area contributed by atoms with Crippen LogP contribution in [-0.2, 0) is 0 Å². The highest BCUT2D eigenvalue weighted by Crippen LogP contribution is 2.22. The average Bonchev–Trinajstić information content (AvgIpc) is 2.34. The van der Waals surface area contributed by atoms with Gasteiger partial charge in [-0.2, -0.15) is 5.10 Å². The molecule has 0 aliphatic rings. The highest BCUT2D eigenvalue weighted by atomic mass is 32.1. The molecule has 0 aliphatic carbocycles. The van der Waals surface area contributed by atoms with Crippen molar-refractivity contribution in [1.82, 2.24) is 10.2 Å². The first-order chi connectivity index (χ1) is 8.58. The number of anilines is 2. The molecule has 0 aliphatic heterocycles. The van der Waals surface area contributed by atoms with Crippen LogP contribution in [0.5, 0.6) is 0 Å². The Bertz CT molecular complexity index is 600. The number of benzene rings is 1. The van der Waals surface area contributed by atoms with E-state index in [2.05, 4.69) is 15.5 Å². The van der Waals surface area contributed by atoms with Crippen LogP contribution in [0.2, 0.25) is 0 Å². The molecule has 18 heavy (non-hydrogen) atoms. The molecular weight excluding hydrogens is 251 g/mol. The monoisotopic (exact) mass is 262 g/mol. The molecule has 3 N–H and O–H groups in total. The van der Waals surface area contributed by atoms with Crippen molar-refractivity contribution in [3.05, 3.63) is 47.4 Å². The zero-order valence-electron chi connectivity index (χ0n) is 9.64. The molecule has 0 unspecified atom stereocenters. The van der Waals surface area contributed by atoms with E-state index in [1.165, 1.54) is 18.3 Å². The minimum Gasteiger partial charge on any atom is -0.389 e. The number of rotatable bonds is 3. The molecule has 0 fully saturated rings. The smallest absolute Gasteiger partial charge is 0.163 e. The molecule has 0 atom stereocenters. The van der Waals surface area contributed by atoms with Crippen LogP contribution in [0.15, 0.2) is 30.5 Å². The van der Waals surface area contributed by atoms with Gasteiger partial charge in [-0.05, 0) is 30.7 Å². The molecule has 0 amide bonds. The minimum atomic E-state index is -0.330. The normalized spacial score (nSPS) is 10.1. The second-order valence-corrected chi connectivity index (χ2v) is 4.18. The minimum absolute atomic E-state index is 0.210. The number of nitrogens with one attached hydrogen (secondary N) is 1. The third-order valence-electron chi connectivity index (χ3n) is 2.44. The summed E-state index contributed by atoms with van der Waals surface area (Å²) >= 11 is 4.92. The Hall–Kier alpha value is -2.08. The predicted octanol–water partition coefficient (Wildman–Crippen LogP) is 2.30. The van der Waals surface area contributed by atoms with Gasteiger partial charge in [-0.1, -0.05) is 18.3 Å². The van der Waals surface area contributed by atoms with Crippen LogP contribution in [-0.4, -0.2) is 15.2 Å². The standard InChI is InChI=1S/C12H11FN4S/c1-7-2-3-8(13)6-10(7)16-12-9(11(14)18)4-5-15-17-12/h2-6H,1H3,(H2,14,18)(H,16,17). The average molecular weight is 262 g/mol. The second-order valence-electron chi connectivity index (χ2n) is 3.74. The predicted molar refractivity (Wildman–Crippen MR) is 72.3 cm³/mol. The quantitative estimate of drug-likeness (QED) is 0.831. The van der Waals surface area contributed by atoms with Crippen molar-refractivity contribution in [3.8, 4) is 0 Å². The van der Waals surface area contributed by atoms with E-state index in [0.29, 0.717) is 17.1 Å². The molecule has 1 aromatic carbocycles. The van der Waals surface area contributed by atoms with E-state index in [9.17, 15) is 4.39 Å². The lowest BCUT2D eigenvalue weighted by Crippen LogP contribution is -2.13. The van der Waals surface area contributed by atoms with Gasteiger partial charge < -0.3 is 11.1 Å². The zero-order valence-corrected chi connectivity index (χ0v) is 10.5. The first kappa shape index (κ1) is 12.4. The van der Waals surface area contributed by atoms with Crippen molar-refractivity contribution in [3.63, 3.8) is 0 Å². The van der Waals surface area contributed by atoms with Crippen LogP contribution < -0.4 is 11.1 Å². The summed E-state index contributed by atoms with van der Waals surface area (Å²) in [4.78, 5) is 0.210. The largest absolute Gasteiger partial charge is 0.389 e. The lowest BCUT2D eigenvalue weighted by Gasteiger charge is -2.11. The van der Waals surface area contributed by atoms with E-state index in [1.54, 1.807) is 12.1 Å². The molecule has 4 nitrogen and oxygen atoms in total. The summed E-state index contributed by atoms with van der Waals surface area (Å²) < 4.78 is 13.2. The van der Waals surface area contributed by atoms with E-state index < -0.39 is 0 Å². The lowest BCUT2D eigenvalue weighted by molar-refractivity contribution is 0.628. The Morgan fingerprint density at radius 2 is 2.17 bits per heavy atom. The van der Waals surface area contributed by atoms with E-state index in [1.807, 2.05) is 6.92 Å². The van der Waals surface area contributed by atoms with Crippen molar-refractivity contribution >= 4 is 28.7 Å². The number of aryl methyl sites for hydroxylation is 1. The van der Waals surface area contributed by atoms with Crippen LogP contribution in [0, 0.1) is 12.7 Å². The van der Waals surface area contributed by atoms with Crippen LogP contribution in [0.25, 0.3) is 0 Å². The summed E-state index contributed by atoms with van der Waals surface area (Å²) in [6, 6.07) is 6.11. The highest BCUT2D eigenvalue weighted by Gasteiger charge is 2.08. The van der Waals surface area contributed by atoms with Gasteiger partial charge in [0, 0.05) is 5.69 Å². The number of aromatic nitrogens is 2. The van der Waals surface area contributed by atoms with Gasteiger partial charge in [0.25, 0.3) is 0 Å². The van der Waals surface area contributed by atoms with Gasteiger partial charge in [-0.3, -0.25) is 0 Å². The van der Waals surface area contributed by atoms with Crippen molar-refractivity contribution in [1.29, 1.82) is 0 Å². The number of hydrogen-bond acceptors (Lipinski definition) is 4. The van der Waals surface area contributed by atoms with E-state index >= 15 is 0 Å². The molecule has 0 spiro atoms. The molecule has 1 aromatic heterocycles. The molecule has 1 heterocycles. The van der Waals surface area contributed by atoms with Gasteiger partial charge in [0.1, 0.15) is 10.8 Å². The van der Waals surface area contributed by atoms with Crippen molar-refractivity contribution in [2.45, 2.75) is 6.92 Å². The van der Waals surface area contributed by atoms with E-state index in [0.717, 1.165) is 5.56 Å². The molecule has 0 bridgehead atoms. The van der Waals surface area contributed by atoms with Crippen molar-refractivity contribution in [2.24, 2.45) is 5.73 Å². The van der Waals surface area contributed by atoms with E-state index in [4.69, 9.17) is 18.0 Å². The summed E-state index contributed by atoms with van der Waals surface area (Å²) in [6.07, 6.45) is 1.50. The van der Waals surface area contributed by atoms with Crippen LogP contribution >= 0.6 is 12.2 Å². The Labute approximate surface area is 109 Å². The third kappa shape index (κ3) is 2.60. The number of nitrogens with two attached hydrogens (primary N) is 1. The SMILES string of the molecule is Cc1ccc(F)cc1Nc1nnccc1C(N)=S. The fourth-order valence-corrected chi connectivity index (χ4v) is 1.64. The Morgan fingerprint density at radius 3 is 2.89 bits per heavy atom. The van der Waals surface area contributed by atoms with Crippen LogP contribution in [0.1, 0.15) is 11.1 Å². The first-order valence-corrected chi connectivity index (χ1v) is 5.63. The highest BCUT2D eigenvalue weighted by molar-refractivity contribution is 7.80. The topological polar surface area (TPSA) is 63.8 Å². The summed E-state index contributed by atoms with van der Waals surface area (Å²) in [5, 5.41) is 10.7. The fraction of sp³-hybridized carbons (Fsp3) is 0.0833. The van der Waals surface area contributed by atoms with Crippen LogP contribution in [0.4, 0.5) is 15.9 Å². The Kier molecular flexibility index (Phi) is 3.47. The molecule has 2 rings (SSSR count). The van der Waals surface area contributed by atoms with Gasteiger partial charge in [0.05, 0.1) is 11.8 Å². The van der Waals surface area contributed by atoms with E-state index in [-0.39, 0.29) is 10.8 Å². The number of halogens is 1. The van der Waals surface area contributed by atoms with Crippen LogP contribution in [0.3, 0.4) is 0 Å². The van der Waals surface area contributed by atoms with Crippen molar-refractivity contribution < 1.29 is 4.39 Å². The molecule has 2 aromatic rings. The fourth-order valence-electron chi connectivity index (χ4n) is 1.48. The number of nitrogens with zero attached hydrogens (tertiary/aromatic N) is 2. The maximum Gasteiger partial charge on any atom is 0.163 e. The maximum atomic E-state index is 13.2. The zero-order chi connectivity index (χ0) is 13.1. The maximum absolute atomic E-state index is 13.2. The second kappa shape index (κ2) is 5.05. The molecule has 0 saturated carbocycles. The lowest BCUT2D eigenvalue weighted by atomic mass is 10.2. The summed E-state index contributed by atoms with van der Waals surface area (Å²) in [5.74, 6) is 0.0857. The van der Waals surface area contributed by atoms with Crippen molar-refractivity contribution in [2.75, 3.05) is 5.32 Å². The molecular formula is C12H11FN4S. The van der Waals surface area contributed by atoms with Gasteiger partial charge >= 0.3 is 0 Å². The summed E-state index contributed by atoms with van der Waals surface area (Å²) in [6.45, 7) is 1.86. The van der Waals surface area contributed by atoms with Gasteiger partial charge in [-0.25, -0.2) is 4.39 Å². The summed E-state index contributed by atoms with van der Waals surface area (Å²) in [7, 11) is 0. The van der Waals surface area contributed by atoms with Gasteiger partial charge in [0.2, 0.25) is 0 Å².